The van der Waals surface area contributed by atoms with Gasteiger partial charge in [0.15, 0.2) is 0 Å². The van der Waals surface area contributed by atoms with E-state index in [9.17, 15) is 14.9 Å². The van der Waals surface area contributed by atoms with Crippen LogP contribution in [0.1, 0.15) is 31.7 Å². The van der Waals surface area contributed by atoms with Crippen molar-refractivity contribution in [1.29, 1.82) is 0 Å². The van der Waals surface area contributed by atoms with Crippen molar-refractivity contribution in [1.82, 2.24) is 4.90 Å². The maximum Gasteiger partial charge on any atom is 0.292 e. The number of nitrogens with zero attached hydrogens (tertiary/aromatic N) is 2. The SMILES string of the molecule is CN1C(=O)CCC1(C)c1ccc(NCCCO)c([N+](=O)[O-])c1. The van der Waals surface area contributed by atoms with Crippen LogP contribution in [-0.2, 0) is 10.3 Å². The molecule has 0 spiro atoms. The van der Waals surface area contributed by atoms with E-state index in [1.807, 2.05) is 13.0 Å². The van der Waals surface area contributed by atoms with Gasteiger partial charge in [0.1, 0.15) is 5.69 Å². The van der Waals surface area contributed by atoms with Crippen LogP contribution in [0.3, 0.4) is 0 Å². The minimum atomic E-state index is -0.508. The number of anilines is 1. The first kappa shape index (κ1) is 16.2. The van der Waals surface area contributed by atoms with E-state index in [1.54, 1.807) is 18.0 Å². The van der Waals surface area contributed by atoms with Gasteiger partial charge in [0.2, 0.25) is 5.91 Å². The molecular weight excluding hydrogens is 286 g/mol. The van der Waals surface area contributed by atoms with Crippen molar-refractivity contribution in [2.24, 2.45) is 0 Å². The number of benzene rings is 1. The quantitative estimate of drug-likeness (QED) is 0.475. The van der Waals surface area contributed by atoms with Crippen LogP contribution >= 0.6 is 0 Å². The lowest BCUT2D eigenvalue weighted by molar-refractivity contribution is -0.384. The van der Waals surface area contributed by atoms with Crippen molar-refractivity contribution < 1.29 is 14.8 Å². The maximum absolute atomic E-state index is 11.8. The molecule has 1 saturated heterocycles. The zero-order chi connectivity index (χ0) is 16.3. The molecule has 0 radical (unpaired) electrons. The van der Waals surface area contributed by atoms with E-state index in [-0.39, 0.29) is 18.2 Å². The summed E-state index contributed by atoms with van der Waals surface area (Å²) in [6.07, 6.45) is 1.63. The number of amides is 1. The van der Waals surface area contributed by atoms with Crippen LogP contribution in [0.2, 0.25) is 0 Å². The summed E-state index contributed by atoms with van der Waals surface area (Å²) in [6.45, 7) is 2.42. The third-order valence-electron chi connectivity index (χ3n) is 4.41. The number of hydrogen-bond acceptors (Lipinski definition) is 5. The second-order valence-electron chi connectivity index (χ2n) is 5.72. The summed E-state index contributed by atoms with van der Waals surface area (Å²) in [7, 11) is 1.73. The number of carbonyl (C=O) groups excluding carboxylic acids is 1. The van der Waals surface area contributed by atoms with Gasteiger partial charge in [-0.25, -0.2) is 0 Å². The van der Waals surface area contributed by atoms with Crippen LogP contribution in [0.15, 0.2) is 18.2 Å². The van der Waals surface area contributed by atoms with Crippen molar-refractivity contribution in [3.8, 4) is 0 Å². The van der Waals surface area contributed by atoms with Gasteiger partial charge >= 0.3 is 0 Å². The highest BCUT2D eigenvalue weighted by Crippen LogP contribution is 2.40. The molecule has 1 amide bonds. The number of likely N-dealkylation sites (tertiary alicyclic amines) is 1. The monoisotopic (exact) mass is 307 g/mol. The minimum absolute atomic E-state index is 0.00980. The number of nitro benzene ring substituents is 1. The topological polar surface area (TPSA) is 95.7 Å². The molecule has 1 aromatic carbocycles. The molecule has 1 aliphatic heterocycles. The Hall–Kier alpha value is -2.15. The first-order valence-electron chi connectivity index (χ1n) is 7.30. The van der Waals surface area contributed by atoms with Gasteiger partial charge in [-0.2, -0.15) is 0 Å². The Morgan fingerprint density at radius 1 is 1.50 bits per heavy atom. The molecule has 0 bridgehead atoms. The summed E-state index contributed by atoms with van der Waals surface area (Å²) in [5.41, 5.74) is 0.674. The van der Waals surface area contributed by atoms with Gasteiger partial charge in [0.05, 0.1) is 10.5 Å². The van der Waals surface area contributed by atoms with Crippen molar-refractivity contribution in [2.45, 2.75) is 31.7 Å². The summed E-state index contributed by atoms with van der Waals surface area (Å²) in [6, 6.07) is 5.03. The Bertz CT molecular complexity index is 590. The van der Waals surface area contributed by atoms with Gasteiger partial charge < -0.3 is 15.3 Å². The number of hydrogen-bond donors (Lipinski definition) is 2. The molecule has 1 unspecified atom stereocenters. The molecule has 120 valence electrons. The van der Waals surface area contributed by atoms with Crippen LogP contribution in [0.5, 0.6) is 0 Å². The molecule has 1 aliphatic rings. The Morgan fingerprint density at radius 3 is 2.77 bits per heavy atom. The van der Waals surface area contributed by atoms with Crippen molar-refractivity contribution in [2.75, 3.05) is 25.5 Å². The third kappa shape index (κ3) is 2.89. The van der Waals surface area contributed by atoms with Crippen molar-refractivity contribution >= 4 is 17.3 Å². The van der Waals surface area contributed by atoms with E-state index in [2.05, 4.69) is 5.32 Å². The molecule has 0 saturated carbocycles. The lowest BCUT2D eigenvalue weighted by Gasteiger charge is -2.32. The van der Waals surface area contributed by atoms with Gasteiger partial charge in [-0.3, -0.25) is 14.9 Å². The highest BCUT2D eigenvalue weighted by molar-refractivity contribution is 5.80. The van der Waals surface area contributed by atoms with Gasteiger partial charge in [-0.1, -0.05) is 6.07 Å². The Kier molecular flexibility index (Phi) is 4.65. The first-order chi connectivity index (χ1) is 10.4. The average Bonchev–Trinajstić information content (AvgIpc) is 2.76. The van der Waals surface area contributed by atoms with Crippen molar-refractivity contribution in [3.05, 3.63) is 33.9 Å². The zero-order valence-electron chi connectivity index (χ0n) is 12.8. The first-order valence-corrected chi connectivity index (χ1v) is 7.30. The number of aliphatic hydroxyl groups excluding tert-OH is 1. The van der Waals surface area contributed by atoms with E-state index < -0.39 is 10.5 Å². The van der Waals surface area contributed by atoms with E-state index in [1.165, 1.54) is 6.07 Å². The summed E-state index contributed by atoms with van der Waals surface area (Å²) in [4.78, 5) is 24.3. The van der Waals surface area contributed by atoms with Gasteiger partial charge in [-0.15, -0.1) is 0 Å². The lowest BCUT2D eigenvalue weighted by atomic mass is 9.89. The molecule has 22 heavy (non-hydrogen) atoms. The number of nitrogens with one attached hydrogen (secondary N) is 1. The normalized spacial score (nSPS) is 21.2. The summed E-state index contributed by atoms with van der Waals surface area (Å²) < 4.78 is 0. The molecule has 1 aromatic rings. The summed E-state index contributed by atoms with van der Waals surface area (Å²) in [5.74, 6) is 0.0512. The molecule has 0 aromatic heterocycles. The van der Waals surface area contributed by atoms with Gasteiger partial charge in [0.25, 0.3) is 5.69 Å². The summed E-state index contributed by atoms with van der Waals surface area (Å²) >= 11 is 0. The van der Waals surface area contributed by atoms with E-state index in [4.69, 9.17) is 5.11 Å². The smallest absolute Gasteiger partial charge is 0.292 e. The standard InChI is InChI=1S/C15H21N3O4/c1-15(7-6-14(20)17(15)2)11-4-5-12(16-8-3-9-19)13(10-11)18(21)22/h4-5,10,16,19H,3,6-9H2,1-2H3. The second-order valence-corrected chi connectivity index (χ2v) is 5.72. The Balaban J connectivity index is 2.33. The molecule has 1 fully saturated rings. The second kappa shape index (κ2) is 6.31. The molecule has 1 atom stereocenters. The molecule has 1 heterocycles. The minimum Gasteiger partial charge on any atom is -0.396 e. The lowest BCUT2D eigenvalue weighted by Crippen LogP contribution is -2.37. The Morgan fingerprint density at radius 2 is 2.23 bits per heavy atom. The van der Waals surface area contributed by atoms with Crippen LogP contribution < -0.4 is 5.32 Å². The van der Waals surface area contributed by atoms with Gasteiger partial charge in [-0.05, 0) is 31.4 Å². The molecule has 0 aliphatic carbocycles. The number of aliphatic hydroxyl groups is 1. The highest BCUT2D eigenvalue weighted by atomic mass is 16.6. The predicted molar refractivity (Wildman–Crippen MR) is 82.6 cm³/mol. The third-order valence-corrected chi connectivity index (χ3v) is 4.41. The van der Waals surface area contributed by atoms with Gasteiger partial charge in [0, 0.05) is 32.7 Å². The summed E-state index contributed by atoms with van der Waals surface area (Å²) in [5, 5.41) is 23.1. The van der Waals surface area contributed by atoms with Crippen LogP contribution in [0.25, 0.3) is 0 Å². The zero-order valence-corrected chi connectivity index (χ0v) is 12.8. The molecule has 7 heteroatoms. The fraction of sp³-hybridized carbons (Fsp3) is 0.533. The van der Waals surface area contributed by atoms with Crippen LogP contribution in [0, 0.1) is 10.1 Å². The largest absolute Gasteiger partial charge is 0.396 e. The number of rotatable bonds is 6. The maximum atomic E-state index is 11.8. The fourth-order valence-corrected chi connectivity index (χ4v) is 2.77. The molecule has 2 N–H and O–H groups in total. The number of nitro groups is 1. The fourth-order valence-electron chi connectivity index (χ4n) is 2.77. The molecule has 2 rings (SSSR count). The van der Waals surface area contributed by atoms with Crippen LogP contribution in [0.4, 0.5) is 11.4 Å². The Labute approximate surface area is 129 Å². The highest BCUT2D eigenvalue weighted by Gasteiger charge is 2.41. The van der Waals surface area contributed by atoms with Crippen LogP contribution in [-0.4, -0.2) is 41.0 Å². The van der Waals surface area contributed by atoms with E-state index in [0.717, 1.165) is 5.56 Å². The number of carbonyl (C=O) groups is 1. The predicted octanol–water partition coefficient (Wildman–Crippen LogP) is 1.86. The average molecular weight is 307 g/mol. The molecule has 7 nitrogen and oxygen atoms in total. The van der Waals surface area contributed by atoms with E-state index >= 15 is 0 Å². The van der Waals surface area contributed by atoms with Crippen molar-refractivity contribution in [3.63, 3.8) is 0 Å². The van der Waals surface area contributed by atoms with E-state index in [0.29, 0.717) is 31.5 Å². The molecular formula is C15H21N3O4.